The van der Waals surface area contributed by atoms with E-state index in [2.05, 4.69) is 10.3 Å². The highest BCUT2D eigenvalue weighted by Crippen LogP contribution is 2.31. The first-order chi connectivity index (χ1) is 10.4. The second kappa shape index (κ2) is 6.71. The summed E-state index contributed by atoms with van der Waals surface area (Å²) in [6.45, 7) is 1.79. The van der Waals surface area contributed by atoms with Crippen molar-refractivity contribution in [3.05, 3.63) is 43.9 Å². The molecule has 0 amide bonds. The first kappa shape index (κ1) is 16.2. The molecule has 2 N–H and O–H groups in total. The summed E-state index contributed by atoms with van der Waals surface area (Å²) in [4.78, 5) is 26.1. The summed E-state index contributed by atoms with van der Waals surface area (Å²) in [5, 5.41) is 23.2. The molecule has 1 aromatic carbocycles. The minimum atomic E-state index is -0.865. The molecule has 0 atom stereocenters. The molecular weight excluding hydrogens is 330 g/mol. The van der Waals surface area contributed by atoms with Crippen LogP contribution in [0.2, 0.25) is 5.02 Å². The van der Waals surface area contributed by atoms with Gasteiger partial charge in [-0.3, -0.25) is 14.9 Å². The number of anilines is 2. The molecule has 1 aromatic heterocycles. The predicted molar refractivity (Wildman–Crippen MR) is 84.2 cm³/mol. The number of benzene rings is 1. The van der Waals surface area contributed by atoms with Crippen molar-refractivity contribution >= 4 is 45.4 Å². The van der Waals surface area contributed by atoms with E-state index in [1.54, 1.807) is 13.0 Å². The molecule has 0 saturated heterocycles. The summed E-state index contributed by atoms with van der Waals surface area (Å²) in [6, 6.07) is 4.38. The van der Waals surface area contributed by atoms with Gasteiger partial charge in [0.05, 0.1) is 17.0 Å². The van der Waals surface area contributed by atoms with E-state index in [1.807, 2.05) is 0 Å². The van der Waals surface area contributed by atoms with Crippen LogP contribution in [0, 0.1) is 17.0 Å². The van der Waals surface area contributed by atoms with Gasteiger partial charge in [0.15, 0.2) is 5.13 Å². The molecule has 0 spiro atoms. The number of nitro groups is 1. The lowest BCUT2D eigenvalue weighted by molar-refractivity contribution is -0.384. The molecular formula is C13H12ClN3O4S. The number of nitrogens with zero attached hydrogens (tertiary/aromatic N) is 2. The molecule has 2 rings (SSSR count). The molecule has 0 aliphatic heterocycles. The van der Waals surface area contributed by atoms with Crippen LogP contribution in [0.15, 0.2) is 18.2 Å². The van der Waals surface area contributed by atoms with Crippen molar-refractivity contribution in [3.8, 4) is 0 Å². The SMILES string of the molecule is Cc1nc(Nc2ccc(Cl)c([N+](=O)[O-])c2)sc1CCC(=O)O. The highest BCUT2D eigenvalue weighted by molar-refractivity contribution is 7.15. The summed E-state index contributed by atoms with van der Waals surface area (Å²) < 4.78 is 0. The fraction of sp³-hybridized carbons (Fsp3) is 0.231. The summed E-state index contributed by atoms with van der Waals surface area (Å²) >= 11 is 7.08. The minimum absolute atomic E-state index is 0.0366. The number of aliphatic carboxylic acids is 1. The number of halogens is 1. The zero-order valence-electron chi connectivity index (χ0n) is 11.5. The van der Waals surface area contributed by atoms with Crippen LogP contribution in [0.25, 0.3) is 0 Å². The van der Waals surface area contributed by atoms with Gasteiger partial charge in [0, 0.05) is 16.6 Å². The lowest BCUT2D eigenvalue weighted by Gasteiger charge is -2.03. The molecule has 9 heteroatoms. The Labute approximate surface area is 134 Å². The summed E-state index contributed by atoms with van der Waals surface area (Å²) in [7, 11) is 0. The standard InChI is InChI=1S/C13H12ClN3O4S/c1-7-11(4-5-12(18)19)22-13(15-7)16-8-2-3-9(14)10(6-8)17(20)21/h2-3,6H,4-5H2,1H3,(H,15,16)(H,18,19). The van der Waals surface area contributed by atoms with E-state index in [0.29, 0.717) is 17.2 Å². The van der Waals surface area contributed by atoms with Crippen LogP contribution in [-0.2, 0) is 11.2 Å². The largest absolute Gasteiger partial charge is 0.481 e. The number of carboxylic acids is 1. The second-order valence-electron chi connectivity index (χ2n) is 4.47. The second-order valence-corrected chi connectivity index (χ2v) is 5.96. The van der Waals surface area contributed by atoms with Crippen molar-refractivity contribution in [3.63, 3.8) is 0 Å². The van der Waals surface area contributed by atoms with Gasteiger partial charge in [-0.15, -0.1) is 11.3 Å². The maximum atomic E-state index is 10.9. The van der Waals surface area contributed by atoms with E-state index >= 15 is 0 Å². The fourth-order valence-corrected chi connectivity index (χ4v) is 2.96. The van der Waals surface area contributed by atoms with Crippen LogP contribution in [0.3, 0.4) is 0 Å². The van der Waals surface area contributed by atoms with E-state index in [0.717, 1.165) is 10.6 Å². The summed E-state index contributed by atoms with van der Waals surface area (Å²) in [5.74, 6) is -0.865. The summed E-state index contributed by atoms with van der Waals surface area (Å²) in [5.41, 5.74) is 1.05. The Balaban J connectivity index is 2.17. The normalized spacial score (nSPS) is 10.5. The molecule has 7 nitrogen and oxygen atoms in total. The third kappa shape index (κ3) is 3.92. The molecule has 2 aromatic rings. The maximum absolute atomic E-state index is 10.9. The molecule has 0 unspecified atom stereocenters. The number of carboxylic acid groups (broad SMARTS) is 1. The Morgan fingerprint density at radius 3 is 2.91 bits per heavy atom. The van der Waals surface area contributed by atoms with Gasteiger partial charge in [-0.25, -0.2) is 4.98 Å². The average molecular weight is 342 g/mol. The number of thiazole rings is 1. The zero-order valence-corrected chi connectivity index (χ0v) is 13.1. The van der Waals surface area contributed by atoms with Crippen molar-refractivity contribution in [2.24, 2.45) is 0 Å². The maximum Gasteiger partial charge on any atom is 0.303 e. The van der Waals surface area contributed by atoms with Crippen LogP contribution >= 0.6 is 22.9 Å². The van der Waals surface area contributed by atoms with E-state index < -0.39 is 10.9 Å². The number of rotatable bonds is 6. The predicted octanol–water partition coefficient (Wildman–Crippen LogP) is 3.77. The first-order valence-electron chi connectivity index (χ1n) is 6.26. The molecule has 0 saturated carbocycles. The van der Waals surface area contributed by atoms with E-state index in [9.17, 15) is 14.9 Å². The number of nitro benzene ring substituents is 1. The zero-order chi connectivity index (χ0) is 16.3. The number of hydrogen-bond donors (Lipinski definition) is 2. The monoisotopic (exact) mass is 341 g/mol. The number of nitrogens with one attached hydrogen (secondary N) is 1. The Hall–Kier alpha value is -2.19. The van der Waals surface area contributed by atoms with Gasteiger partial charge >= 0.3 is 5.97 Å². The third-order valence-corrected chi connectivity index (χ3v) is 4.30. The topological polar surface area (TPSA) is 105 Å². The Bertz CT molecular complexity index is 732. The summed E-state index contributed by atoms with van der Waals surface area (Å²) in [6.07, 6.45) is 0.441. The van der Waals surface area contributed by atoms with Gasteiger partial charge in [0.1, 0.15) is 5.02 Å². The van der Waals surface area contributed by atoms with Crippen molar-refractivity contribution in [2.45, 2.75) is 19.8 Å². The van der Waals surface area contributed by atoms with Crippen LogP contribution in [0.4, 0.5) is 16.5 Å². The van der Waals surface area contributed by atoms with Crippen molar-refractivity contribution in [1.82, 2.24) is 4.98 Å². The van der Waals surface area contributed by atoms with Gasteiger partial charge in [-0.1, -0.05) is 11.6 Å². The molecule has 0 bridgehead atoms. The van der Waals surface area contributed by atoms with Crippen molar-refractivity contribution < 1.29 is 14.8 Å². The average Bonchev–Trinajstić information content (AvgIpc) is 2.78. The van der Waals surface area contributed by atoms with Gasteiger partial charge in [-0.2, -0.15) is 0 Å². The smallest absolute Gasteiger partial charge is 0.303 e. The van der Waals surface area contributed by atoms with Gasteiger partial charge < -0.3 is 10.4 Å². The number of carbonyl (C=O) groups is 1. The van der Waals surface area contributed by atoms with E-state index in [1.165, 1.54) is 23.5 Å². The molecule has 22 heavy (non-hydrogen) atoms. The minimum Gasteiger partial charge on any atom is -0.481 e. The van der Waals surface area contributed by atoms with Crippen LogP contribution in [0.5, 0.6) is 0 Å². The van der Waals surface area contributed by atoms with Crippen LogP contribution < -0.4 is 5.32 Å². The molecule has 0 aliphatic rings. The van der Waals surface area contributed by atoms with Gasteiger partial charge in [0.2, 0.25) is 0 Å². The van der Waals surface area contributed by atoms with Gasteiger partial charge in [0.25, 0.3) is 5.69 Å². The third-order valence-electron chi connectivity index (χ3n) is 2.85. The number of aryl methyl sites for hydroxylation is 2. The first-order valence-corrected chi connectivity index (χ1v) is 7.45. The van der Waals surface area contributed by atoms with Gasteiger partial charge in [-0.05, 0) is 25.5 Å². The van der Waals surface area contributed by atoms with Crippen LogP contribution in [0.1, 0.15) is 17.0 Å². The molecule has 1 heterocycles. The fourth-order valence-electron chi connectivity index (χ4n) is 1.79. The lowest BCUT2D eigenvalue weighted by Crippen LogP contribution is -1.96. The molecule has 0 radical (unpaired) electrons. The van der Waals surface area contributed by atoms with Crippen molar-refractivity contribution in [1.29, 1.82) is 0 Å². The Morgan fingerprint density at radius 1 is 1.55 bits per heavy atom. The molecule has 0 fully saturated rings. The molecule has 116 valence electrons. The Kier molecular flexibility index (Phi) is 4.94. The van der Waals surface area contributed by atoms with Crippen LogP contribution in [-0.4, -0.2) is 21.0 Å². The van der Waals surface area contributed by atoms with E-state index in [-0.39, 0.29) is 17.1 Å². The quantitative estimate of drug-likeness (QED) is 0.612. The van der Waals surface area contributed by atoms with Crippen molar-refractivity contribution in [2.75, 3.05) is 5.32 Å². The van der Waals surface area contributed by atoms with E-state index in [4.69, 9.17) is 16.7 Å². The highest BCUT2D eigenvalue weighted by atomic mass is 35.5. The Morgan fingerprint density at radius 2 is 2.27 bits per heavy atom. The number of hydrogen-bond acceptors (Lipinski definition) is 6. The number of aromatic nitrogens is 1. The molecule has 0 aliphatic carbocycles. The highest BCUT2D eigenvalue weighted by Gasteiger charge is 2.14. The lowest BCUT2D eigenvalue weighted by atomic mass is 10.2.